The molecule has 6 heteroatoms. The lowest BCUT2D eigenvalue weighted by molar-refractivity contribution is -0.143. The van der Waals surface area contributed by atoms with E-state index in [1.165, 1.54) is 0 Å². The standard InChI is InChI=1S/C20H28N2O4/c1-15(23)22-11-3-4-19(22)20(24)21-12-9-16(10-13-21)14-26-18-7-5-17(25-2)6-8-18/h5-8,16,19H,3-4,9-14H2,1-2H3/t19-/m0/s1. The van der Waals surface area contributed by atoms with Crippen molar-refractivity contribution >= 4 is 11.8 Å². The van der Waals surface area contributed by atoms with Gasteiger partial charge in [-0.25, -0.2) is 0 Å². The summed E-state index contributed by atoms with van der Waals surface area (Å²) in [6.45, 7) is 4.42. The summed E-state index contributed by atoms with van der Waals surface area (Å²) >= 11 is 0. The van der Waals surface area contributed by atoms with Crippen molar-refractivity contribution in [3.8, 4) is 11.5 Å². The Hall–Kier alpha value is -2.24. The van der Waals surface area contributed by atoms with Crippen LogP contribution in [0.5, 0.6) is 11.5 Å². The molecule has 0 aliphatic carbocycles. The van der Waals surface area contributed by atoms with Crippen LogP contribution in [0.4, 0.5) is 0 Å². The van der Waals surface area contributed by atoms with E-state index < -0.39 is 0 Å². The molecule has 6 nitrogen and oxygen atoms in total. The summed E-state index contributed by atoms with van der Waals surface area (Å²) in [5, 5.41) is 0. The fourth-order valence-corrected chi connectivity index (χ4v) is 3.82. The number of piperidine rings is 1. The van der Waals surface area contributed by atoms with Crippen LogP contribution in [-0.2, 0) is 9.59 Å². The van der Waals surface area contributed by atoms with Crippen molar-refractivity contribution in [3.63, 3.8) is 0 Å². The zero-order chi connectivity index (χ0) is 18.5. The number of carbonyl (C=O) groups is 2. The van der Waals surface area contributed by atoms with Crippen molar-refractivity contribution in [2.45, 2.75) is 38.6 Å². The largest absolute Gasteiger partial charge is 0.497 e. The van der Waals surface area contributed by atoms with Crippen LogP contribution in [0.15, 0.2) is 24.3 Å². The van der Waals surface area contributed by atoms with E-state index in [1.807, 2.05) is 29.2 Å². The zero-order valence-corrected chi connectivity index (χ0v) is 15.6. The Bertz CT molecular complexity index is 623. The Morgan fingerprint density at radius 2 is 1.69 bits per heavy atom. The van der Waals surface area contributed by atoms with Crippen LogP contribution in [0, 0.1) is 5.92 Å². The van der Waals surface area contributed by atoms with Gasteiger partial charge in [0.25, 0.3) is 0 Å². The Labute approximate surface area is 155 Å². The van der Waals surface area contributed by atoms with Gasteiger partial charge in [-0.3, -0.25) is 9.59 Å². The van der Waals surface area contributed by atoms with Crippen molar-refractivity contribution in [2.75, 3.05) is 33.4 Å². The molecule has 26 heavy (non-hydrogen) atoms. The van der Waals surface area contributed by atoms with Gasteiger partial charge in [0.05, 0.1) is 13.7 Å². The fourth-order valence-electron chi connectivity index (χ4n) is 3.82. The molecule has 2 amide bonds. The molecule has 2 aliphatic heterocycles. The minimum Gasteiger partial charge on any atom is -0.497 e. The molecule has 2 aliphatic rings. The van der Waals surface area contributed by atoms with Crippen LogP contribution < -0.4 is 9.47 Å². The lowest BCUT2D eigenvalue weighted by Crippen LogP contribution is -2.49. The molecule has 142 valence electrons. The fraction of sp³-hybridized carbons (Fsp3) is 0.600. The maximum Gasteiger partial charge on any atom is 0.245 e. The number of benzene rings is 1. The number of hydrogen-bond donors (Lipinski definition) is 0. The minimum atomic E-state index is -0.250. The van der Waals surface area contributed by atoms with E-state index in [-0.39, 0.29) is 17.9 Å². The van der Waals surface area contributed by atoms with Gasteiger partial charge in [0, 0.05) is 26.6 Å². The van der Waals surface area contributed by atoms with Gasteiger partial charge in [-0.05, 0) is 55.9 Å². The van der Waals surface area contributed by atoms with Crippen molar-refractivity contribution in [3.05, 3.63) is 24.3 Å². The molecule has 1 aromatic rings. The van der Waals surface area contributed by atoms with E-state index in [0.29, 0.717) is 19.1 Å². The molecule has 3 rings (SSSR count). The molecule has 2 saturated heterocycles. The second kappa shape index (κ2) is 8.43. The topological polar surface area (TPSA) is 59.1 Å². The predicted octanol–water partition coefficient (Wildman–Crippen LogP) is 2.32. The van der Waals surface area contributed by atoms with Crippen LogP contribution >= 0.6 is 0 Å². The van der Waals surface area contributed by atoms with Crippen molar-refractivity contribution < 1.29 is 19.1 Å². The highest BCUT2D eigenvalue weighted by Gasteiger charge is 2.36. The highest BCUT2D eigenvalue weighted by molar-refractivity contribution is 5.87. The Kier molecular flexibility index (Phi) is 6.01. The SMILES string of the molecule is COc1ccc(OCC2CCN(C(=O)[C@@H]3CCCN3C(C)=O)CC2)cc1. The molecule has 0 saturated carbocycles. The number of likely N-dealkylation sites (tertiary alicyclic amines) is 2. The monoisotopic (exact) mass is 360 g/mol. The van der Waals surface area contributed by atoms with Gasteiger partial charge in [0.1, 0.15) is 17.5 Å². The molecule has 1 aromatic carbocycles. The molecule has 0 bridgehead atoms. The Balaban J connectivity index is 1.45. The van der Waals surface area contributed by atoms with E-state index in [0.717, 1.165) is 50.3 Å². The normalized spacial score (nSPS) is 20.9. The minimum absolute atomic E-state index is 0.00336. The van der Waals surface area contributed by atoms with Crippen LogP contribution in [0.3, 0.4) is 0 Å². The molecule has 0 radical (unpaired) electrons. The van der Waals surface area contributed by atoms with Gasteiger partial charge >= 0.3 is 0 Å². The Morgan fingerprint density at radius 1 is 1.04 bits per heavy atom. The van der Waals surface area contributed by atoms with Crippen LogP contribution in [0.2, 0.25) is 0 Å². The quantitative estimate of drug-likeness (QED) is 0.809. The third-order valence-electron chi connectivity index (χ3n) is 5.41. The number of methoxy groups -OCH3 is 1. The summed E-state index contributed by atoms with van der Waals surface area (Å²) in [6.07, 6.45) is 3.59. The highest BCUT2D eigenvalue weighted by Crippen LogP contribution is 2.24. The summed E-state index contributed by atoms with van der Waals surface area (Å²) in [7, 11) is 1.64. The van der Waals surface area contributed by atoms with Gasteiger partial charge in [0.2, 0.25) is 11.8 Å². The van der Waals surface area contributed by atoms with Crippen molar-refractivity contribution in [1.82, 2.24) is 9.80 Å². The average Bonchev–Trinajstić information content (AvgIpc) is 3.17. The van der Waals surface area contributed by atoms with E-state index in [4.69, 9.17) is 9.47 Å². The highest BCUT2D eigenvalue weighted by atomic mass is 16.5. The molecular formula is C20H28N2O4. The van der Waals surface area contributed by atoms with Crippen molar-refractivity contribution in [1.29, 1.82) is 0 Å². The zero-order valence-electron chi connectivity index (χ0n) is 15.6. The third-order valence-corrected chi connectivity index (χ3v) is 5.41. The molecule has 0 unspecified atom stereocenters. The van der Waals surface area contributed by atoms with Crippen LogP contribution in [-0.4, -0.2) is 61.0 Å². The predicted molar refractivity (Wildman–Crippen MR) is 98.2 cm³/mol. The van der Waals surface area contributed by atoms with Gasteiger partial charge in [-0.2, -0.15) is 0 Å². The summed E-state index contributed by atoms with van der Waals surface area (Å²) in [5.41, 5.74) is 0. The third kappa shape index (κ3) is 4.29. The number of rotatable bonds is 5. The first-order valence-electron chi connectivity index (χ1n) is 9.41. The molecule has 0 aromatic heterocycles. The molecule has 1 atom stereocenters. The van der Waals surface area contributed by atoms with Gasteiger partial charge in [0.15, 0.2) is 0 Å². The molecule has 0 spiro atoms. The number of hydrogen-bond acceptors (Lipinski definition) is 4. The second-order valence-corrected chi connectivity index (χ2v) is 7.13. The van der Waals surface area contributed by atoms with E-state index in [1.54, 1.807) is 18.9 Å². The molecule has 2 fully saturated rings. The Morgan fingerprint density at radius 3 is 2.31 bits per heavy atom. The maximum absolute atomic E-state index is 12.8. The first-order valence-corrected chi connectivity index (χ1v) is 9.41. The lowest BCUT2D eigenvalue weighted by Gasteiger charge is -2.35. The summed E-state index contributed by atoms with van der Waals surface area (Å²) in [6, 6.07) is 7.35. The number of carbonyl (C=O) groups excluding carboxylic acids is 2. The van der Waals surface area contributed by atoms with E-state index in [2.05, 4.69) is 0 Å². The molecule has 2 heterocycles. The number of nitrogens with zero attached hydrogens (tertiary/aromatic N) is 2. The van der Waals surface area contributed by atoms with Gasteiger partial charge < -0.3 is 19.3 Å². The lowest BCUT2D eigenvalue weighted by atomic mass is 9.97. The first-order chi connectivity index (χ1) is 12.6. The molecule has 0 N–H and O–H groups in total. The van der Waals surface area contributed by atoms with E-state index in [9.17, 15) is 9.59 Å². The summed E-state index contributed by atoms with van der Waals surface area (Å²) in [4.78, 5) is 28.1. The average molecular weight is 360 g/mol. The number of amides is 2. The maximum atomic E-state index is 12.8. The van der Waals surface area contributed by atoms with Crippen molar-refractivity contribution in [2.24, 2.45) is 5.92 Å². The first kappa shape index (κ1) is 18.5. The second-order valence-electron chi connectivity index (χ2n) is 7.13. The van der Waals surface area contributed by atoms with Crippen LogP contribution in [0.25, 0.3) is 0 Å². The number of ether oxygens (including phenoxy) is 2. The van der Waals surface area contributed by atoms with Crippen LogP contribution in [0.1, 0.15) is 32.6 Å². The summed E-state index contributed by atoms with van der Waals surface area (Å²) < 4.78 is 11.0. The van der Waals surface area contributed by atoms with Gasteiger partial charge in [-0.1, -0.05) is 0 Å². The summed E-state index contributed by atoms with van der Waals surface area (Å²) in [5.74, 6) is 2.23. The smallest absolute Gasteiger partial charge is 0.245 e. The van der Waals surface area contributed by atoms with E-state index >= 15 is 0 Å². The molecular weight excluding hydrogens is 332 g/mol. The van der Waals surface area contributed by atoms with Gasteiger partial charge in [-0.15, -0.1) is 0 Å².